The molecule has 0 saturated carbocycles. The van der Waals surface area contributed by atoms with Gasteiger partial charge in [-0.3, -0.25) is 0 Å². The predicted octanol–water partition coefficient (Wildman–Crippen LogP) is -4.55. The van der Waals surface area contributed by atoms with E-state index in [9.17, 15) is 9.90 Å². The van der Waals surface area contributed by atoms with Crippen LogP contribution in [-0.4, -0.2) is 38.1 Å². The summed E-state index contributed by atoms with van der Waals surface area (Å²) in [5.41, 5.74) is 0. The van der Waals surface area contributed by atoms with Gasteiger partial charge in [0.15, 0.2) is 0 Å². The third-order valence-electron chi connectivity index (χ3n) is 0.603. The van der Waals surface area contributed by atoms with Gasteiger partial charge in [0.1, 0.15) is 6.54 Å². The molecule has 0 aromatic heterocycles. The number of rotatable bonds is 2. The molecule has 0 aliphatic carbocycles. The average Bonchev–Trinajstić information content (AvgIpc) is 1.21. The Bertz CT molecular complexity index is 97.6. The minimum Gasteiger partial charge on any atom is -0.544 e. The van der Waals surface area contributed by atoms with Gasteiger partial charge in [0, 0.05) is 0 Å². The zero-order valence-corrected chi connectivity index (χ0v) is 8.47. The van der Waals surface area contributed by atoms with Gasteiger partial charge in [-0.15, -0.1) is 0 Å². The molecule has 0 atom stereocenters. The Morgan fingerprint density at radius 3 is 1.78 bits per heavy atom. The summed E-state index contributed by atoms with van der Waals surface area (Å²) in [5.74, 6) is -1.00. The molecule has 0 unspecified atom stereocenters. The molecule has 0 radical (unpaired) electrons. The number of aliphatic carboxylic acids is 1. The van der Waals surface area contributed by atoms with Crippen molar-refractivity contribution >= 4 is 5.97 Å². The van der Waals surface area contributed by atoms with Gasteiger partial charge < -0.3 is 14.4 Å². The van der Waals surface area contributed by atoms with Gasteiger partial charge in [-0.25, -0.2) is 0 Å². The van der Waals surface area contributed by atoms with Crippen molar-refractivity contribution < 1.29 is 43.9 Å². The molecule has 0 saturated heterocycles. The summed E-state index contributed by atoms with van der Waals surface area (Å²) in [4.78, 5) is 9.89. The summed E-state index contributed by atoms with van der Waals surface area (Å²) >= 11 is 0. The Balaban J connectivity index is 0. The van der Waals surface area contributed by atoms with Crippen molar-refractivity contribution in [1.82, 2.24) is 0 Å². The van der Waals surface area contributed by atoms with Crippen molar-refractivity contribution in [2.75, 3.05) is 27.7 Å². The predicted molar refractivity (Wildman–Crippen MR) is 27.9 cm³/mol. The van der Waals surface area contributed by atoms with E-state index in [4.69, 9.17) is 0 Å². The van der Waals surface area contributed by atoms with Crippen molar-refractivity contribution in [3.8, 4) is 0 Å². The minimum absolute atomic E-state index is 0. The number of likely N-dealkylation sites (N-methyl/N-ethyl adjacent to an activating group) is 1. The van der Waals surface area contributed by atoms with Gasteiger partial charge in [0.05, 0.1) is 27.1 Å². The molecule has 0 aromatic rings. The van der Waals surface area contributed by atoms with E-state index in [0.29, 0.717) is 4.48 Å². The molecule has 0 aromatic carbocycles. The van der Waals surface area contributed by atoms with Crippen LogP contribution in [0.4, 0.5) is 0 Å². The first-order valence-corrected chi connectivity index (χ1v) is 2.42. The number of carbonyl (C=O) groups is 1. The maximum Gasteiger partial charge on any atom is 1.00 e. The fourth-order valence-electron chi connectivity index (χ4n) is 0.387. The first kappa shape index (κ1) is 12.1. The van der Waals surface area contributed by atoms with E-state index in [1.165, 1.54) is 0 Å². The second-order valence-corrected chi connectivity index (χ2v) is 2.82. The van der Waals surface area contributed by atoms with E-state index >= 15 is 0 Å². The largest absolute Gasteiger partial charge is 1.00 e. The molecule has 48 valence electrons. The number of carboxylic acids is 1. The van der Waals surface area contributed by atoms with Crippen LogP contribution in [0.25, 0.3) is 0 Å². The van der Waals surface area contributed by atoms with E-state index in [-0.39, 0.29) is 36.1 Å². The number of quaternary nitrogens is 1. The van der Waals surface area contributed by atoms with Crippen LogP contribution in [0, 0.1) is 0 Å². The van der Waals surface area contributed by atoms with Crippen LogP contribution in [0.2, 0.25) is 0 Å². The van der Waals surface area contributed by atoms with Crippen molar-refractivity contribution in [2.24, 2.45) is 0 Å². The van der Waals surface area contributed by atoms with Crippen molar-refractivity contribution in [1.29, 1.82) is 0 Å². The minimum atomic E-state index is -1.00. The summed E-state index contributed by atoms with van der Waals surface area (Å²) < 4.78 is 0.419. The van der Waals surface area contributed by atoms with Crippen molar-refractivity contribution in [2.45, 2.75) is 0 Å². The van der Waals surface area contributed by atoms with E-state index < -0.39 is 5.97 Å². The molecule has 0 amide bonds. The maximum absolute atomic E-state index is 9.89. The number of carbonyl (C=O) groups excluding carboxylic acids is 1. The third kappa shape index (κ3) is 11.8. The smallest absolute Gasteiger partial charge is 0.544 e. The molecular formula is C5H11NNaO2+. The normalized spacial score (nSPS) is 10.1. The van der Waals surface area contributed by atoms with Crippen LogP contribution in [0.5, 0.6) is 0 Å². The van der Waals surface area contributed by atoms with Crippen molar-refractivity contribution in [3.05, 3.63) is 0 Å². The van der Waals surface area contributed by atoms with E-state index in [1.807, 2.05) is 0 Å². The zero-order valence-electron chi connectivity index (χ0n) is 6.47. The van der Waals surface area contributed by atoms with Crippen LogP contribution < -0.4 is 34.7 Å². The molecule has 3 nitrogen and oxygen atoms in total. The molecule has 0 aliphatic rings. The SMILES string of the molecule is C[N+](C)(C)CC(=O)[O-].[Na+]. The fourth-order valence-corrected chi connectivity index (χ4v) is 0.387. The van der Waals surface area contributed by atoms with Crippen molar-refractivity contribution in [3.63, 3.8) is 0 Å². The molecule has 0 N–H and O–H groups in total. The molecule has 0 heterocycles. The Morgan fingerprint density at radius 2 is 1.78 bits per heavy atom. The molecule has 0 rings (SSSR count). The van der Waals surface area contributed by atoms with Gasteiger partial charge in [-0.2, -0.15) is 0 Å². The van der Waals surface area contributed by atoms with E-state index in [1.54, 1.807) is 21.1 Å². The number of carboxylic acid groups (broad SMARTS) is 1. The number of nitrogens with zero attached hydrogens (tertiary/aromatic N) is 1. The summed E-state index contributed by atoms with van der Waals surface area (Å²) in [6.45, 7) is 0.0694. The third-order valence-corrected chi connectivity index (χ3v) is 0.603. The van der Waals surface area contributed by atoms with Gasteiger partial charge in [-0.1, -0.05) is 0 Å². The second-order valence-electron chi connectivity index (χ2n) is 2.82. The second kappa shape index (κ2) is 4.28. The summed E-state index contributed by atoms with van der Waals surface area (Å²) in [6.07, 6.45) is 0. The van der Waals surface area contributed by atoms with Crippen LogP contribution in [-0.2, 0) is 4.79 Å². The Hall–Kier alpha value is 0.430. The quantitative estimate of drug-likeness (QED) is 0.286. The summed E-state index contributed by atoms with van der Waals surface area (Å²) in [5, 5.41) is 9.89. The number of hydrogen-bond acceptors (Lipinski definition) is 2. The summed E-state index contributed by atoms with van der Waals surface area (Å²) in [7, 11) is 5.40. The fraction of sp³-hybridized carbons (Fsp3) is 0.800. The average molecular weight is 140 g/mol. The van der Waals surface area contributed by atoms with Gasteiger partial charge in [-0.05, 0) is 0 Å². The number of hydrogen-bond donors (Lipinski definition) is 0. The van der Waals surface area contributed by atoms with Crippen LogP contribution in [0.15, 0.2) is 0 Å². The van der Waals surface area contributed by atoms with E-state index in [2.05, 4.69) is 0 Å². The molecular weight excluding hydrogens is 129 g/mol. The first-order chi connectivity index (χ1) is 3.42. The first-order valence-electron chi connectivity index (χ1n) is 2.42. The Morgan fingerprint density at radius 1 is 1.44 bits per heavy atom. The molecule has 0 bridgehead atoms. The standard InChI is InChI=1S/C5H11NO2.Na/c1-6(2,3)4-5(7)8;/h4H2,1-3H3;/q;+1. The molecule has 4 heteroatoms. The zero-order chi connectivity index (χ0) is 6.78. The van der Waals surface area contributed by atoms with Crippen LogP contribution in [0.3, 0.4) is 0 Å². The van der Waals surface area contributed by atoms with Gasteiger partial charge in [0.2, 0.25) is 0 Å². The Labute approximate surface area is 77.5 Å². The van der Waals surface area contributed by atoms with Crippen LogP contribution in [0.1, 0.15) is 0 Å². The Kier molecular flexibility index (Phi) is 5.77. The molecule has 0 fully saturated rings. The topological polar surface area (TPSA) is 40.1 Å². The van der Waals surface area contributed by atoms with Gasteiger partial charge in [0.25, 0.3) is 0 Å². The van der Waals surface area contributed by atoms with Gasteiger partial charge >= 0.3 is 29.6 Å². The van der Waals surface area contributed by atoms with Crippen LogP contribution >= 0.6 is 0 Å². The molecule has 0 aliphatic heterocycles. The molecule has 9 heavy (non-hydrogen) atoms. The van der Waals surface area contributed by atoms with E-state index in [0.717, 1.165) is 0 Å². The molecule has 0 spiro atoms. The summed E-state index contributed by atoms with van der Waals surface area (Å²) in [6, 6.07) is 0. The monoisotopic (exact) mass is 140 g/mol. The maximum atomic E-state index is 9.89.